The Labute approximate surface area is 154 Å². The molecule has 5 aromatic rings. The number of H-pyrrole nitrogens is 1. The number of nitrogens with zero attached hydrogens (tertiary/aromatic N) is 3. The highest BCUT2D eigenvalue weighted by Gasteiger charge is 2.11. The van der Waals surface area contributed by atoms with Gasteiger partial charge in [0.15, 0.2) is 0 Å². The van der Waals surface area contributed by atoms with Crippen LogP contribution in [0.2, 0.25) is 0 Å². The number of benzene rings is 2. The average molecular weight is 358 g/mol. The number of aromatic nitrogens is 4. The minimum absolute atomic E-state index is 0.260. The van der Waals surface area contributed by atoms with Crippen LogP contribution in [0, 0.1) is 5.82 Å². The molecule has 1 N–H and O–H groups in total. The van der Waals surface area contributed by atoms with Crippen LogP contribution in [0.4, 0.5) is 4.39 Å². The molecule has 0 radical (unpaired) electrons. The molecule has 0 aliphatic carbocycles. The van der Waals surface area contributed by atoms with Crippen molar-refractivity contribution in [1.82, 2.24) is 19.5 Å². The van der Waals surface area contributed by atoms with E-state index in [1.54, 1.807) is 31.8 Å². The maximum absolute atomic E-state index is 13.3. The number of aromatic amines is 1. The largest absolute Gasteiger partial charge is 0.495 e. The predicted molar refractivity (Wildman–Crippen MR) is 103 cm³/mol. The van der Waals surface area contributed by atoms with Crippen LogP contribution >= 0.6 is 0 Å². The van der Waals surface area contributed by atoms with Crippen LogP contribution in [0.25, 0.3) is 38.9 Å². The van der Waals surface area contributed by atoms with Gasteiger partial charge in [-0.3, -0.25) is 4.57 Å². The molecule has 0 fully saturated rings. The molecule has 0 aliphatic heterocycles. The zero-order chi connectivity index (χ0) is 18.4. The minimum Gasteiger partial charge on any atom is -0.495 e. The molecule has 3 aromatic heterocycles. The van der Waals surface area contributed by atoms with Gasteiger partial charge in [0, 0.05) is 22.8 Å². The van der Waals surface area contributed by atoms with Gasteiger partial charge in [-0.2, -0.15) is 0 Å². The van der Waals surface area contributed by atoms with Gasteiger partial charge >= 0.3 is 0 Å². The normalized spacial score (nSPS) is 11.3. The van der Waals surface area contributed by atoms with Crippen LogP contribution in [-0.4, -0.2) is 26.6 Å². The fourth-order valence-electron chi connectivity index (χ4n) is 3.32. The number of methoxy groups -OCH3 is 1. The lowest BCUT2D eigenvalue weighted by Gasteiger charge is -2.06. The molecule has 0 saturated carbocycles. The van der Waals surface area contributed by atoms with Crippen molar-refractivity contribution in [3.05, 3.63) is 73.1 Å². The highest BCUT2D eigenvalue weighted by molar-refractivity contribution is 5.96. The molecular formula is C21H15FN4O. The minimum atomic E-state index is -0.260. The molecule has 0 atom stereocenters. The molecule has 27 heavy (non-hydrogen) atoms. The Morgan fingerprint density at radius 3 is 2.70 bits per heavy atom. The van der Waals surface area contributed by atoms with E-state index < -0.39 is 0 Å². The second kappa shape index (κ2) is 5.95. The van der Waals surface area contributed by atoms with Crippen molar-refractivity contribution in [3.63, 3.8) is 0 Å². The third-order valence-electron chi connectivity index (χ3n) is 4.70. The van der Waals surface area contributed by atoms with Gasteiger partial charge in [-0.05, 0) is 48.0 Å². The molecule has 5 rings (SSSR count). The maximum atomic E-state index is 13.3. The molecule has 0 amide bonds. The fourth-order valence-corrected chi connectivity index (χ4v) is 3.32. The number of hydrogen-bond acceptors (Lipinski definition) is 3. The number of rotatable bonds is 3. The Balaban J connectivity index is 1.69. The number of hydrogen-bond donors (Lipinski definition) is 1. The van der Waals surface area contributed by atoms with Crippen LogP contribution in [0.5, 0.6) is 5.75 Å². The van der Waals surface area contributed by atoms with Gasteiger partial charge < -0.3 is 9.72 Å². The third-order valence-corrected chi connectivity index (χ3v) is 4.70. The van der Waals surface area contributed by atoms with Gasteiger partial charge in [0.1, 0.15) is 23.5 Å². The average Bonchev–Trinajstić information content (AvgIpc) is 3.31. The second-order valence-corrected chi connectivity index (χ2v) is 6.27. The SMILES string of the molecule is COc1cnc2[nH]cc(-c3ccc4ncn(-c5ccc(F)cc5)c4c3)c2c1. The number of ether oxygens (including phenoxy) is 1. The van der Waals surface area contributed by atoms with E-state index in [0.29, 0.717) is 5.75 Å². The fraction of sp³-hybridized carbons (Fsp3) is 0.0476. The van der Waals surface area contributed by atoms with E-state index in [9.17, 15) is 4.39 Å². The van der Waals surface area contributed by atoms with Crippen LogP contribution in [0.1, 0.15) is 0 Å². The zero-order valence-corrected chi connectivity index (χ0v) is 14.5. The van der Waals surface area contributed by atoms with Crippen molar-refractivity contribution in [1.29, 1.82) is 0 Å². The topological polar surface area (TPSA) is 55.7 Å². The summed E-state index contributed by atoms with van der Waals surface area (Å²) in [5, 5.41) is 0.988. The summed E-state index contributed by atoms with van der Waals surface area (Å²) in [6, 6.07) is 14.4. The molecule has 3 heterocycles. The molecule has 5 nitrogen and oxygen atoms in total. The van der Waals surface area contributed by atoms with Crippen LogP contribution in [-0.2, 0) is 0 Å². The smallest absolute Gasteiger partial charge is 0.138 e. The van der Waals surface area contributed by atoms with Gasteiger partial charge in [-0.1, -0.05) is 6.07 Å². The molecule has 2 aromatic carbocycles. The molecule has 0 unspecified atom stereocenters. The van der Waals surface area contributed by atoms with Crippen molar-refractivity contribution in [2.75, 3.05) is 7.11 Å². The van der Waals surface area contributed by atoms with Crippen molar-refractivity contribution < 1.29 is 9.13 Å². The van der Waals surface area contributed by atoms with Gasteiger partial charge in [0.05, 0.1) is 24.3 Å². The van der Waals surface area contributed by atoms with E-state index in [0.717, 1.165) is 38.9 Å². The lowest BCUT2D eigenvalue weighted by molar-refractivity contribution is 0.414. The van der Waals surface area contributed by atoms with E-state index in [4.69, 9.17) is 4.74 Å². The van der Waals surface area contributed by atoms with E-state index in [2.05, 4.69) is 21.0 Å². The van der Waals surface area contributed by atoms with E-state index in [-0.39, 0.29) is 5.82 Å². The van der Waals surface area contributed by atoms with Crippen molar-refractivity contribution in [3.8, 4) is 22.6 Å². The van der Waals surface area contributed by atoms with Gasteiger partial charge in [0.25, 0.3) is 0 Å². The summed E-state index contributed by atoms with van der Waals surface area (Å²) >= 11 is 0. The summed E-state index contributed by atoms with van der Waals surface area (Å²) in [6.45, 7) is 0. The summed E-state index contributed by atoms with van der Waals surface area (Å²) in [4.78, 5) is 12.1. The molecule has 0 bridgehead atoms. The lowest BCUT2D eigenvalue weighted by Crippen LogP contribution is -1.92. The van der Waals surface area contributed by atoms with Crippen molar-refractivity contribution >= 4 is 22.1 Å². The number of fused-ring (bicyclic) bond motifs is 2. The van der Waals surface area contributed by atoms with E-state index in [1.165, 1.54) is 12.1 Å². The number of imidazole rings is 1. The van der Waals surface area contributed by atoms with Crippen molar-refractivity contribution in [2.45, 2.75) is 0 Å². The lowest BCUT2D eigenvalue weighted by atomic mass is 10.1. The molecule has 0 aliphatic rings. The number of pyridine rings is 1. The first-order valence-corrected chi connectivity index (χ1v) is 8.47. The highest BCUT2D eigenvalue weighted by Crippen LogP contribution is 2.32. The predicted octanol–water partition coefficient (Wildman–Crippen LogP) is 4.72. The summed E-state index contributed by atoms with van der Waals surface area (Å²) in [6.07, 6.45) is 5.38. The molecule has 0 saturated heterocycles. The Bertz CT molecular complexity index is 1270. The van der Waals surface area contributed by atoms with Gasteiger partial charge in [0.2, 0.25) is 0 Å². The summed E-state index contributed by atoms with van der Waals surface area (Å²) in [5.74, 6) is 0.449. The first kappa shape index (κ1) is 15.6. The number of nitrogens with one attached hydrogen (secondary N) is 1. The Hall–Kier alpha value is -3.67. The van der Waals surface area contributed by atoms with Crippen molar-refractivity contribution in [2.24, 2.45) is 0 Å². The monoisotopic (exact) mass is 358 g/mol. The van der Waals surface area contributed by atoms with Crippen LogP contribution < -0.4 is 4.74 Å². The summed E-state index contributed by atoms with van der Waals surface area (Å²) in [5.41, 5.74) is 5.55. The highest BCUT2D eigenvalue weighted by atomic mass is 19.1. The summed E-state index contributed by atoms with van der Waals surface area (Å²) in [7, 11) is 1.63. The summed E-state index contributed by atoms with van der Waals surface area (Å²) < 4.78 is 20.5. The molecular weight excluding hydrogens is 343 g/mol. The Morgan fingerprint density at radius 1 is 1.04 bits per heavy atom. The maximum Gasteiger partial charge on any atom is 0.138 e. The second-order valence-electron chi connectivity index (χ2n) is 6.27. The van der Waals surface area contributed by atoms with Crippen LogP contribution in [0.3, 0.4) is 0 Å². The zero-order valence-electron chi connectivity index (χ0n) is 14.5. The number of halogens is 1. The van der Waals surface area contributed by atoms with E-state index >= 15 is 0 Å². The first-order chi connectivity index (χ1) is 13.2. The van der Waals surface area contributed by atoms with E-state index in [1.807, 2.05) is 29.0 Å². The molecule has 132 valence electrons. The Kier molecular flexibility index (Phi) is 3.43. The molecule has 0 spiro atoms. The first-order valence-electron chi connectivity index (χ1n) is 8.47. The quantitative estimate of drug-likeness (QED) is 0.508. The van der Waals surface area contributed by atoms with Gasteiger partial charge in [-0.25, -0.2) is 14.4 Å². The van der Waals surface area contributed by atoms with Gasteiger partial charge in [-0.15, -0.1) is 0 Å². The Morgan fingerprint density at radius 2 is 1.89 bits per heavy atom. The molecule has 6 heteroatoms. The standard InChI is InChI=1S/C21H15FN4O/c1-27-16-9-17-18(11-24-21(17)23-10-16)13-2-7-19-20(8-13)26(12-25-19)15-5-3-14(22)4-6-15/h2-12H,1H3,(H,23,24). The third kappa shape index (κ3) is 2.54. The van der Waals surface area contributed by atoms with Crippen LogP contribution in [0.15, 0.2) is 67.3 Å².